The predicted octanol–water partition coefficient (Wildman–Crippen LogP) is 4.82. The molecule has 140 valence electrons. The highest BCUT2D eigenvalue weighted by Crippen LogP contribution is 2.27. The molecule has 0 N–H and O–H groups in total. The second kappa shape index (κ2) is 7.78. The Morgan fingerprint density at radius 1 is 1.04 bits per heavy atom. The molecule has 2 aromatic carbocycles. The number of hydrogen-bond donors (Lipinski definition) is 0. The molecule has 0 amide bonds. The van der Waals surface area contributed by atoms with Crippen molar-refractivity contribution in [3.8, 4) is 0 Å². The van der Waals surface area contributed by atoms with Gasteiger partial charge in [0, 0.05) is 17.0 Å². The monoisotopic (exact) mass is 364 g/mol. The Kier molecular flexibility index (Phi) is 5.45. The van der Waals surface area contributed by atoms with E-state index in [9.17, 15) is 9.59 Å². The van der Waals surface area contributed by atoms with Crippen LogP contribution >= 0.6 is 0 Å². The molecule has 4 heteroatoms. The first kappa shape index (κ1) is 18.9. The fraction of sp³-hybridized carbons (Fsp3) is 0.304. The van der Waals surface area contributed by atoms with E-state index in [4.69, 9.17) is 9.15 Å². The molecule has 0 unspecified atom stereocenters. The third-order valence-electron chi connectivity index (χ3n) is 4.82. The van der Waals surface area contributed by atoms with Gasteiger partial charge in [0.05, 0.1) is 6.42 Å². The lowest BCUT2D eigenvalue weighted by Crippen LogP contribution is -2.11. The van der Waals surface area contributed by atoms with Crippen LogP contribution in [-0.2, 0) is 22.6 Å². The first-order valence-corrected chi connectivity index (χ1v) is 9.12. The minimum Gasteiger partial charge on any atom is -0.461 e. The van der Waals surface area contributed by atoms with Crippen molar-refractivity contribution >= 4 is 16.9 Å². The van der Waals surface area contributed by atoms with Crippen molar-refractivity contribution in [2.45, 2.75) is 46.6 Å². The zero-order valence-corrected chi connectivity index (χ0v) is 16.2. The van der Waals surface area contributed by atoms with Crippen LogP contribution in [0.15, 0.2) is 51.7 Å². The van der Waals surface area contributed by atoms with Gasteiger partial charge in [0.1, 0.15) is 12.2 Å². The van der Waals surface area contributed by atoms with E-state index >= 15 is 0 Å². The van der Waals surface area contributed by atoms with Gasteiger partial charge < -0.3 is 9.15 Å². The van der Waals surface area contributed by atoms with Gasteiger partial charge in [-0.15, -0.1) is 0 Å². The van der Waals surface area contributed by atoms with Crippen molar-refractivity contribution in [2.24, 2.45) is 0 Å². The fourth-order valence-corrected chi connectivity index (χ4v) is 3.31. The minimum absolute atomic E-state index is 0.0490. The summed E-state index contributed by atoms with van der Waals surface area (Å²) in [4.78, 5) is 24.2. The van der Waals surface area contributed by atoms with Gasteiger partial charge in [0.2, 0.25) is 0 Å². The molecule has 0 aliphatic heterocycles. The average Bonchev–Trinajstić information content (AvgIpc) is 2.60. The van der Waals surface area contributed by atoms with E-state index in [0.29, 0.717) is 17.1 Å². The van der Waals surface area contributed by atoms with Crippen molar-refractivity contribution in [1.82, 2.24) is 0 Å². The molecule has 1 aromatic heterocycles. The lowest BCUT2D eigenvalue weighted by molar-refractivity contribution is -0.144. The standard InChI is InChI=1S/C23H24O4/c1-14(2)19-12-20-18(11-23(25)27-21(20)9-16(19)4)13-26-22(24)10-17-8-6-5-7-15(17)3/h5-9,11-12,14H,10,13H2,1-4H3. The third kappa shape index (κ3) is 4.27. The molecule has 0 aliphatic carbocycles. The number of carbonyl (C=O) groups is 1. The van der Waals surface area contributed by atoms with E-state index in [0.717, 1.165) is 22.1 Å². The van der Waals surface area contributed by atoms with Crippen molar-refractivity contribution in [2.75, 3.05) is 0 Å². The first-order chi connectivity index (χ1) is 12.8. The van der Waals surface area contributed by atoms with Gasteiger partial charge in [-0.05, 0) is 54.2 Å². The molecule has 3 rings (SSSR count). The number of hydrogen-bond acceptors (Lipinski definition) is 4. The van der Waals surface area contributed by atoms with Crippen LogP contribution in [0.3, 0.4) is 0 Å². The van der Waals surface area contributed by atoms with Gasteiger partial charge in [0.25, 0.3) is 0 Å². The molecule has 0 radical (unpaired) electrons. The van der Waals surface area contributed by atoms with Gasteiger partial charge >= 0.3 is 11.6 Å². The molecule has 3 aromatic rings. The molecule has 27 heavy (non-hydrogen) atoms. The van der Waals surface area contributed by atoms with Crippen LogP contribution in [0.25, 0.3) is 11.0 Å². The highest BCUT2D eigenvalue weighted by atomic mass is 16.5. The Labute approximate surface area is 158 Å². The maximum atomic E-state index is 12.3. The molecule has 0 saturated carbocycles. The number of benzene rings is 2. The summed E-state index contributed by atoms with van der Waals surface area (Å²) >= 11 is 0. The molecule has 0 atom stereocenters. The SMILES string of the molecule is Cc1ccccc1CC(=O)OCc1cc(=O)oc2cc(C)c(C(C)C)cc12. The molecular formula is C23H24O4. The Morgan fingerprint density at radius 2 is 1.78 bits per heavy atom. The summed E-state index contributed by atoms with van der Waals surface area (Å²) in [6.45, 7) is 8.26. The van der Waals surface area contributed by atoms with Crippen molar-refractivity contribution < 1.29 is 13.9 Å². The average molecular weight is 364 g/mol. The van der Waals surface area contributed by atoms with E-state index in [1.165, 1.54) is 11.6 Å². The molecule has 0 fully saturated rings. The van der Waals surface area contributed by atoms with Gasteiger partial charge in [-0.25, -0.2) is 4.79 Å². The second-order valence-corrected chi connectivity index (χ2v) is 7.21. The van der Waals surface area contributed by atoms with Crippen molar-refractivity contribution in [3.63, 3.8) is 0 Å². The van der Waals surface area contributed by atoms with Gasteiger partial charge in [-0.2, -0.15) is 0 Å². The van der Waals surface area contributed by atoms with Gasteiger partial charge in [0.15, 0.2) is 0 Å². The Balaban J connectivity index is 1.85. The highest BCUT2D eigenvalue weighted by molar-refractivity contribution is 5.82. The summed E-state index contributed by atoms with van der Waals surface area (Å²) in [7, 11) is 0. The maximum absolute atomic E-state index is 12.3. The molecule has 0 spiro atoms. The summed E-state index contributed by atoms with van der Waals surface area (Å²) in [6, 6.07) is 13.0. The summed E-state index contributed by atoms with van der Waals surface area (Å²) < 4.78 is 10.8. The molecule has 4 nitrogen and oxygen atoms in total. The summed E-state index contributed by atoms with van der Waals surface area (Å²) in [5.74, 6) is 0.0275. The van der Waals surface area contributed by atoms with Crippen LogP contribution in [0, 0.1) is 13.8 Å². The number of aryl methyl sites for hydroxylation is 2. The highest BCUT2D eigenvalue weighted by Gasteiger charge is 2.13. The van der Waals surface area contributed by atoms with E-state index in [1.54, 1.807) is 0 Å². The van der Waals surface area contributed by atoms with E-state index in [1.807, 2.05) is 50.2 Å². The largest absolute Gasteiger partial charge is 0.461 e. The fourth-order valence-electron chi connectivity index (χ4n) is 3.31. The number of rotatable bonds is 5. The Bertz CT molecular complexity index is 1040. The van der Waals surface area contributed by atoms with Crippen LogP contribution < -0.4 is 5.63 Å². The maximum Gasteiger partial charge on any atom is 0.336 e. The van der Waals surface area contributed by atoms with E-state index in [-0.39, 0.29) is 19.0 Å². The topological polar surface area (TPSA) is 56.5 Å². The normalized spacial score (nSPS) is 11.1. The number of ether oxygens (including phenoxy) is 1. The molecule has 1 heterocycles. The number of carbonyl (C=O) groups excluding carboxylic acids is 1. The van der Waals surface area contributed by atoms with Gasteiger partial charge in [-0.3, -0.25) is 4.79 Å². The third-order valence-corrected chi connectivity index (χ3v) is 4.82. The van der Waals surface area contributed by atoms with Crippen LogP contribution in [0.5, 0.6) is 0 Å². The van der Waals surface area contributed by atoms with Crippen LogP contribution in [0.1, 0.15) is 47.6 Å². The van der Waals surface area contributed by atoms with E-state index < -0.39 is 5.63 Å². The molecule has 0 bridgehead atoms. The predicted molar refractivity (Wildman–Crippen MR) is 106 cm³/mol. The molecule has 0 aliphatic rings. The quantitative estimate of drug-likeness (QED) is 0.481. The minimum atomic E-state index is -0.441. The zero-order chi connectivity index (χ0) is 19.6. The molecular weight excluding hydrogens is 340 g/mol. The summed E-state index contributed by atoms with van der Waals surface area (Å²) in [5.41, 5.74) is 5.01. The zero-order valence-electron chi connectivity index (χ0n) is 16.2. The Morgan fingerprint density at radius 3 is 2.48 bits per heavy atom. The summed E-state index contributed by atoms with van der Waals surface area (Å²) in [6.07, 6.45) is 0.211. The number of fused-ring (bicyclic) bond motifs is 1. The Hall–Kier alpha value is -2.88. The van der Waals surface area contributed by atoms with E-state index in [2.05, 4.69) is 13.8 Å². The van der Waals surface area contributed by atoms with Gasteiger partial charge in [-0.1, -0.05) is 38.1 Å². The van der Waals surface area contributed by atoms with Crippen molar-refractivity contribution in [3.05, 3.63) is 80.7 Å². The molecule has 0 saturated heterocycles. The summed E-state index contributed by atoms with van der Waals surface area (Å²) in [5, 5.41) is 0.813. The van der Waals surface area contributed by atoms with Crippen LogP contribution in [-0.4, -0.2) is 5.97 Å². The smallest absolute Gasteiger partial charge is 0.336 e. The van der Waals surface area contributed by atoms with Crippen LogP contribution in [0.4, 0.5) is 0 Å². The van der Waals surface area contributed by atoms with Crippen molar-refractivity contribution in [1.29, 1.82) is 0 Å². The lowest BCUT2D eigenvalue weighted by Gasteiger charge is -2.13. The second-order valence-electron chi connectivity index (χ2n) is 7.21. The number of esters is 1. The first-order valence-electron chi connectivity index (χ1n) is 9.12. The van der Waals surface area contributed by atoms with Crippen LogP contribution in [0.2, 0.25) is 0 Å². The lowest BCUT2D eigenvalue weighted by atomic mass is 9.95.